The molecule has 2 fully saturated rings. The van der Waals surface area contributed by atoms with Crippen LogP contribution in [0.25, 0.3) is 0 Å². The maximum absolute atomic E-state index is 12.1. The van der Waals surface area contributed by atoms with Crippen molar-refractivity contribution in [3.8, 4) is 0 Å². The summed E-state index contributed by atoms with van der Waals surface area (Å²) in [6.45, 7) is 0.801. The summed E-state index contributed by atoms with van der Waals surface area (Å²) >= 11 is 0. The summed E-state index contributed by atoms with van der Waals surface area (Å²) in [5.74, 6) is 0.0751. The summed E-state index contributed by atoms with van der Waals surface area (Å²) in [7, 11) is 0. The summed E-state index contributed by atoms with van der Waals surface area (Å²) < 4.78 is 0. The second-order valence-corrected chi connectivity index (χ2v) is 5.78. The first-order chi connectivity index (χ1) is 8.17. The summed E-state index contributed by atoms with van der Waals surface area (Å²) in [6, 6.07) is 0.0155. The fraction of sp³-hybridized carbons (Fsp3) is 0.923. The molecule has 0 heterocycles. The molecule has 4 N–H and O–H groups in total. The second-order valence-electron chi connectivity index (χ2n) is 5.78. The van der Waals surface area contributed by atoms with Gasteiger partial charge >= 0.3 is 0 Å². The molecule has 0 spiro atoms. The van der Waals surface area contributed by atoms with Crippen LogP contribution >= 0.6 is 0 Å². The first-order valence-electron chi connectivity index (χ1n) is 6.81. The van der Waals surface area contributed by atoms with Gasteiger partial charge in [-0.2, -0.15) is 0 Å². The van der Waals surface area contributed by atoms with Crippen molar-refractivity contribution in [1.82, 2.24) is 5.32 Å². The van der Waals surface area contributed by atoms with Crippen LogP contribution in [0.4, 0.5) is 0 Å². The number of hydrogen-bond acceptors (Lipinski definition) is 3. The molecule has 2 aliphatic rings. The Hall–Kier alpha value is -0.610. The first-order valence-corrected chi connectivity index (χ1v) is 6.81. The molecule has 0 radical (unpaired) electrons. The fourth-order valence-electron chi connectivity index (χ4n) is 2.64. The van der Waals surface area contributed by atoms with Gasteiger partial charge in [0, 0.05) is 18.0 Å². The largest absolute Gasteiger partial charge is 0.396 e. The third kappa shape index (κ3) is 3.19. The number of nitrogens with two attached hydrogens (primary N) is 1. The second kappa shape index (κ2) is 5.36. The lowest BCUT2D eigenvalue weighted by Gasteiger charge is -2.22. The van der Waals surface area contributed by atoms with Crippen molar-refractivity contribution in [2.75, 3.05) is 13.2 Å². The molecule has 2 atom stereocenters. The number of hydrogen-bond donors (Lipinski definition) is 3. The molecule has 1 amide bonds. The van der Waals surface area contributed by atoms with Crippen molar-refractivity contribution in [3.05, 3.63) is 0 Å². The molecule has 0 saturated heterocycles. The minimum absolute atomic E-state index is 0.00944. The number of rotatable bonds is 4. The zero-order valence-electron chi connectivity index (χ0n) is 10.5. The van der Waals surface area contributed by atoms with Crippen LogP contribution in [-0.2, 0) is 4.79 Å². The molecule has 2 unspecified atom stereocenters. The lowest BCUT2D eigenvalue weighted by atomic mass is 9.94. The van der Waals surface area contributed by atoms with Gasteiger partial charge in [-0.3, -0.25) is 4.79 Å². The summed E-state index contributed by atoms with van der Waals surface area (Å²) in [4.78, 5) is 12.1. The monoisotopic (exact) mass is 240 g/mol. The zero-order chi connectivity index (χ0) is 12.3. The Bertz CT molecular complexity index is 277. The van der Waals surface area contributed by atoms with E-state index in [1.807, 2.05) is 0 Å². The van der Waals surface area contributed by atoms with E-state index in [4.69, 9.17) is 5.73 Å². The van der Waals surface area contributed by atoms with Gasteiger partial charge in [-0.1, -0.05) is 19.3 Å². The van der Waals surface area contributed by atoms with Crippen LogP contribution in [-0.4, -0.2) is 30.2 Å². The Morgan fingerprint density at radius 3 is 2.65 bits per heavy atom. The summed E-state index contributed by atoms with van der Waals surface area (Å²) in [5.41, 5.74) is 6.05. The average Bonchev–Trinajstić information content (AvgIpc) is 3.12. The van der Waals surface area contributed by atoms with Gasteiger partial charge in [-0.15, -0.1) is 0 Å². The minimum atomic E-state index is -0.0213. The topological polar surface area (TPSA) is 75.4 Å². The molecule has 4 heteroatoms. The van der Waals surface area contributed by atoms with Crippen LogP contribution in [0.2, 0.25) is 0 Å². The van der Waals surface area contributed by atoms with Gasteiger partial charge in [0.2, 0.25) is 5.91 Å². The third-order valence-electron chi connectivity index (χ3n) is 4.34. The van der Waals surface area contributed by atoms with Crippen LogP contribution in [0, 0.1) is 11.3 Å². The quantitative estimate of drug-likeness (QED) is 0.636. The van der Waals surface area contributed by atoms with E-state index < -0.39 is 0 Å². The molecule has 2 aliphatic carbocycles. The van der Waals surface area contributed by atoms with Gasteiger partial charge in [0.25, 0.3) is 0 Å². The fourth-order valence-corrected chi connectivity index (χ4v) is 2.64. The molecule has 0 aliphatic heterocycles. The Labute approximate surface area is 103 Å². The molecule has 2 rings (SSSR count). The van der Waals surface area contributed by atoms with Crippen LogP contribution < -0.4 is 11.1 Å². The lowest BCUT2D eigenvalue weighted by molar-refractivity contribution is -0.126. The number of aliphatic hydroxyl groups excluding tert-OH is 1. The molecule has 0 aromatic carbocycles. The molecule has 4 nitrogen and oxygen atoms in total. The highest BCUT2D eigenvalue weighted by Gasteiger charge is 2.42. The van der Waals surface area contributed by atoms with Crippen molar-refractivity contribution < 1.29 is 9.90 Å². The molecule has 2 saturated carbocycles. The number of nitrogens with one attached hydrogen (secondary N) is 1. The Kier molecular flexibility index (Phi) is 4.05. The Morgan fingerprint density at radius 1 is 1.29 bits per heavy atom. The van der Waals surface area contributed by atoms with E-state index in [1.165, 1.54) is 6.42 Å². The van der Waals surface area contributed by atoms with E-state index in [0.29, 0.717) is 6.54 Å². The van der Waals surface area contributed by atoms with Crippen molar-refractivity contribution in [2.45, 2.75) is 51.0 Å². The van der Waals surface area contributed by atoms with E-state index in [-0.39, 0.29) is 29.9 Å². The van der Waals surface area contributed by atoms with Crippen molar-refractivity contribution in [3.63, 3.8) is 0 Å². The molecular formula is C13H24N2O2. The van der Waals surface area contributed by atoms with Crippen molar-refractivity contribution >= 4 is 5.91 Å². The molecule has 0 aromatic rings. The van der Waals surface area contributed by atoms with Crippen molar-refractivity contribution in [1.29, 1.82) is 0 Å². The van der Waals surface area contributed by atoms with Gasteiger partial charge in [0.15, 0.2) is 0 Å². The van der Waals surface area contributed by atoms with Crippen LogP contribution in [0.5, 0.6) is 0 Å². The maximum Gasteiger partial charge on any atom is 0.224 e. The predicted molar refractivity (Wildman–Crippen MR) is 66.3 cm³/mol. The van der Waals surface area contributed by atoms with Gasteiger partial charge < -0.3 is 16.2 Å². The number of aliphatic hydroxyl groups is 1. The SMILES string of the molecule is NC1CCCCCC1C(=O)NCC1(CO)CC1. The van der Waals surface area contributed by atoms with Gasteiger partial charge in [0.05, 0.1) is 12.5 Å². The molecular weight excluding hydrogens is 216 g/mol. The Balaban J connectivity index is 1.81. The van der Waals surface area contributed by atoms with E-state index in [0.717, 1.165) is 38.5 Å². The first kappa shape index (κ1) is 12.8. The molecule has 98 valence electrons. The van der Waals surface area contributed by atoms with E-state index in [2.05, 4.69) is 5.32 Å². The van der Waals surface area contributed by atoms with E-state index in [1.54, 1.807) is 0 Å². The number of carbonyl (C=O) groups excluding carboxylic acids is 1. The lowest BCUT2D eigenvalue weighted by Crippen LogP contribution is -2.43. The van der Waals surface area contributed by atoms with Gasteiger partial charge in [0.1, 0.15) is 0 Å². The van der Waals surface area contributed by atoms with Gasteiger partial charge in [-0.25, -0.2) is 0 Å². The normalized spacial score (nSPS) is 31.6. The minimum Gasteiger partial charge on any atom is -0.396 e. The number of amides is 1. The van der Waals surface area contributed by atoms with Gasteiger partial charge in [-0.05, 0) is 25.7 Å². The molecule has 0 aromatic heterocycles. The summed E-state index contributed by atoms with van der Waals surface area (Å²) in [5, 5.41) is 12.2. The van der Waals surface area contributed by atoms with Crippen LogP contribution in [0.1, 0.15) is 44.9 Å². The number of carbonyl (C=O) groups is 1. The molecule has 17 heavy (non-hydrogen) atoms. The average molecular weight is 240 g/mol. The third-order valence-corrected chi connectivity index (χ3v) is 4.34. The highest BCUT2D eigenvalue weighted by molar-refractivity contribution is 5.79. The highest BCUT2D eigenvalue weighted by Crippen LogP contribution is 2.44. The zero-order valence-corrected chi connectivity index (χ0v) is 10.5. The standard InChI is InChI=1S/C13H24N2O2/c14-11-5-3-1-2-4-10(11)12(17)15-8-13(9-16)6-7-13/h10-11,16H,1-9,14H2,(H,15,17). The smallest absolute Gasteiger partial charge is 0.224 e. The molecule has 0 bridgehead atoms. The van der Waals surface area contributed by atoms with Crippen LogP contribution in [0.15, 0.2) is 0 Å². The van der Waals surface area contributed by atoms with Crippen LogP contribution in [0.3, 0.4) is 0 Å². The Morgan fingerprint density at radius 2 is 2.00 bits per heavy atom. The van der Waals surface area contributed by atoms with E-state index >= 15 is 0 Å². The highest BCUT2D eigenvalue weighted by atomic mass is 16.3. The summed E-state index contributed by atoms with van der Waals surface area (Å²) in [6.07, 6.45) is 7.38. The maximum atomic E-state index is 12.1. The van der Waals surface area contributed by atoms with E-state index in [9.17, 15) is 9.90 Å². The predicted octanol–water partition coefficient (Wildman–Crippen LogP) is 0.783. The van der Waals surface area contributed by atoms with Crippen molar-refractivity contribution in [2.24, 2.45) is 17.1 Å².